The van der Waals surface area contributed by atoms with Crippen molar-refractivity contribution in [2.24, 2.45) is 0 Å². The van der Waals surface area contributed by atoms with Gasteiger partial charge >= 0.3 is 5.97 Å². The monoisotopic (exact) mass is 277 g/mol. The summed E-state index contributed by atoms with van der Waals surface area (Å²) >= 11 is 0. The lowest BCUT2D eigenvalue weighted by atomic mass is 9.98. The van der Waals surface area contributed by atoms with Crippen LogP contribution in [0.25, 0.3) is 0 Å². The van der Waals surface area contributed by atoms with Crippen molar-refractivity contribution in [2.45, 2.75) is 45.7 Å². The number of hydrogen-bond acceptors (Lipinski definition) is 4. The molecule has 0 fully saturated rings. The first-order valence-electron chi connectivity index (χ1n) is 6.87. The Morgan fingerprint density at radius 1 is 1.20 bits per heavy atom. The number of nitrogens with one attached hydrogen (secondary N) is 1. The highest BCUT2D eigenvalue weighted by Crippen LogP contribution is 2.11. The van der Waals surface area contributed by atoms with Crippen molar-refractivity contribution in [3.63, 3.8) is 0 Å². The molecule has 0 aliphatic heterocycles. The summed E-state index contributed by atoms with van der Waals surface area (Å²) in [4.78, 5) is 23.7. The molecule has 0 heterocycles. The highest BCUT2D eigenvalue weighted by Gasteiger charge is 2.21. The van der Waals surface area contributed by atoms with Crippen LogP contribution in [0.2, 0.25) is 0 Å². The van der Waals surface area contributed by atoms with Crippen molar-refractivity contribution in [1.82, 2.24) is 5.32 Å². The average molecular weight is 277 g/mol. The number of hydrogen-bond donors (Lipinski definition) is 1. The van der Waals surface area contributed by atoms with E-state index in [1.54, 1.807) is 0 Å². The molecule has 0 radical (unpaired) electrons. The number of benzene rings is 1. The van der Waals surface area contributed by atoms with Crippen LogP contribution in [0.15, 0.2) is 24.3 Å². The van der Waals surface area contributed by atoms with Gasteiger partial charge < -0.3 is 10.1 Å². The summed E-state index contributed by atoms with van der Waals surface area (Å²) in [5, 5.41) is 3.21. The SMILES string of the molecule is COC(=O)CCC(NC(C)C)C(=O)c1ccc(C)cc1. The summed E-state index contributed by atoms with van der Waals surface area (Å²) in [7, 11) is 1.36. The fourth-order valence-electron chi connectivity index (χ4n) is 1.98. The summed E-state index contributed by atoms with van der Waals surface area (Å²) in [6.45, 7) is 5.94. The molecule has 0 amide bonds. The van der Waals surface area contributed by atoms with Crippen molar-refractivity contribution < 1.29 is 14.3 Å². The smallest absolute Gasteiger partial charge is 0.305 e. The van der Waals surface area contributed by atoms with Gasteiger partial charge in [0.25, 0.3) is 0 Å². The maximum atomic E-state index is 12.5. The molecular formula is C16H23NO3. The molecular weight excluding hydrogens is 254 g/mol. The van der Waals surface area contributed by atoms with Crippen molar-refractivity contribution in [1.29, 1.82) is 0 Å². The Balaban J connectivity index is 2.78. The van der Waals surface area contributed by atoms with Crippen LogP contribution in [-0.2, 0) is 9.53 Å². The molecule has 1 aromatic carbocycles. The largest absolute Gasteiger partial charge is 0.469 e. The minimum Gasteiger partial charge on any atom is -0.469 e. The zero-order valence-corrected chi connectivity index (χ0v) is 12.6. The van der Waals surface area contributed by atoms with Crippen LogP contribution in [-0.4, -0.2) is 30.9 Å². The van der Waals surface area contributed by atoms with Gasteiger partial charge in [0.05, 0.1) is 13.2 Å². The first kappa shape index (κ1) is 16.4. The summed E-state index contributed by atoms with van der Waals surface area (Å²) in [6, 6.07) is 7.29. The Labute approximate surface area is 120 Å². The Morgan fingerprint density at radius 3 is 2.30 bits per heavy atom. The van der Waals surface area contributed by atoms with Gasteiger partial charge in [0, 0.05) is 18.0 Å². The van der Waals surface area contributed by atoms with Crippen LogP contribution >= 0.6 is 0 Å². The zero-order valence-electron chi connectivity index (χ0n) is 12.6. The van der Waals surface area contributed by atoms with Crippen LogP contribution in [0.4, 0.5) is 0 Å². The molecule has 1 unspecified atom stereocenters. The van der Waals surface area contributed by atoms with E-state index in [0.717, 1.165) is 5.56 Å². The molecule has 0 saturated carbocycles. The van der Waals surface area contributed by atoms with Gasteiger partial charge in [-0.25, -0.2) is 0 Å². The lowest BCUT2D eigenvalue weighted by Gasteiger charge is -2.20. The summed E-state index contributed by atoms with van der Waals surface area (Å²) < 4.78 is 4.63. The van der Waals surface area contributed by atoms with E-state index >= 15 is 0 Å². The minimum absolute atomic E-state index is 0.0163. The lowest BCUT2D eigenvalue weighted by Crippen LogP contribution is -2.41. The molecule has 0 aromatic heterocycles. The number of ketones is 1. The van der Waals surface area contributed by atoms with Crippen LogP contribution in [0.1, 0.15) is 42.6 Å². The molecule has 0 aliphatic rings. The third kappa shape index (κ3) is 5.13. The first-order chi connectivity index (χ1) is 9.43. The van der Waals surface area contributed by atoms with Gasteiger partial charge in [-0.05, 0) is 13.3 Å². The lowest BCUT2D eigenvalue weighted by molar-refractivity contribution is -0.140. The first-order valence-corrected chi connectivity index (χ1v) is 6.87. The fraction of sp³-hybridized carbons (Fsp3) is 0.500. The van der Waals surface area contributed by atoms with Crippen LogP contribution < -0.4 is 5.32 Å². The van der Waals surface area contributed by atoms with Crippen molar-refractivity contribution in [3.8, 4) is 0 Å². The number of esters is 1. The number of aryl methyl sites for hydroxylation is 1. The molecule has 0 spiro atoms. The summed E-state index contributed by atoms with van der Waals surface area (Å²) in [5.74, 6) is -0.278. The minimum atomic E-state index is -0.364. The van der Waals surface area contributed by atoms with E-state index in [4.69, 9.17) is 0 Å². The van der Waals surface area contributed by atoms with Gasteiger partial charge in [0.1, 0.15) is 0 Å². The number of carbonyl (C=O) groups is 2. The van der Waals surface area contributed by atoms with Gasteiger partial charge in [-0.15, -0.1) is 0 Å². The molecule has 0 saturated heterocycles. The predicted octanol–water partition coefficient (Wildman–Crippen LogP) is 2.50. The molecule has 0 bridgehead atoms. The highest BCUT2D eigenvalue weighted by atomic mass is 16.5. The molecule has 20 heavy (non-hydrogen) atoms. The quantitative estimate of drug-likeness (QED) is 0.614. The van der Waals surface area contributed by atoms with Crippen molar-refractivity contribution in [3.05, 3.63) is 35.4 Å². The average Bonchev–Trinajstić information content (AvgIpc) is 2.42. The zero-order chi connectivity index (χ0) is 15.1. The standard InChI is InChI=1S/C16H23NO3/c1-11(2)17-14(9-10-15(18)20-4)16(19)13-7-5-12(3)6-8-13/h5-8,11,14,17H,9-10H2,1-4H3. The van der Waals surface area contributed by atoms with E-state index in [-0.39, 0.29) is 30.3 Å². The summed E-state index contributed by atoms with van der Waals surface area (Å²) in [5.41, 5.74) is 1.78. The maximum absolute atomic E-state index is 12.5. The number of Topliss-reactive ketones (excluding diaryl/α,β-unsaturated/α-hetero) is 1. The third-order valence-electron chi connectivity index (χ3n) is 3.05. The molecule has 1 atom stereocenters. The van der Waals surface area contributed by atoms with Crippen molar-refractivity contribution >= 4 is 11.8 Å². The second-order valence-electron chi connectivity index (χ2n) is 5.22. The third-order valence-corrected chi connectivity index (χ3v) is 3.05. The second kappa shape index (κ2) is 7.80. The summed E-state index contributed by atoms with van der Waals surface area (Å²) in [6.07, 6.45) is 0.677. The van der Waals surface area contributed by atoms with E-state index in [1.165, 1.54) is 7.11 Å². The molecule has 4 nitrogen and oxygen atoms in total. The molecule has 0 aliphatic carbocycles. The number of carbonyl (C=O) groups excluding carboxylic acids is 2. The van der Waals surface area contributed by atoms with E-state index in [1.807, 2.05) is 45.0 Å². The Kier molecular flexibility index (Phi) is 6.39. The molecule has 110 valence electrons. The molecule has 1 rings (SSSR count). The molecule has 1 N–H and O–H groups in total. The van der Waals surface area contributed by atoms with Crippen LogP contribution in [0.5, 0.6) is 0 Å². The number of methoxy groups -OCH3 is 1. The van der Waals surface area contributed by atoms with E-state index in [0.29, 0.717) is 12.0 Å². The Morgan fingerprint density at radius 2 is 1.80 bits per heavy atom. The van der Waals surface area contributed by atoms with E-state index in [2.05, 4.69) is 10.1 Å². The van der Waals surface area contributed by atoms with Crippen LogP contribution in [0.3, 0.4) is 0 Å². The normalized spacial score (nSPS) is 12.2. The van der Waals surface area contributed by atoms with Gasteiger partial charge in [-0.1, -0.05) is 43.7 Å². The van der Waals surface area contributed by atoms with E-state index in [9.17, 15) is 9.59 Å². The fourth-order valence-corrected chi connectivity index (χ4v) is 1.98. The van der Waals surface area contributed by atoms with Gasteiger partial charge in [0.15, 0.2) is 5.78 Å². The van der Waals surface area contributed by atoms with Crippen LogP contribution in [0, 0.1) is 6.92 Å². The number of rotatable bonds is 7. The Hall–Kier alpha value is -1.68. The second-order valence-corrected chi connectivity index (χ2v) is 5.22. The van der Waals surface area contributed by atoms with Gasteiger partial charge in [0.2, 0.25) is 0 Å². The topological polar surface area (TPSA) is 55.4 Å². The Bertz CT molecular complexity index is 451. The highest BCUT2D eigenvalue weighted by molar-refractivity contribution is 6.00. The number of ether oxygens (including phenoxy) is 1. The van der Waals surface area contributed by atoms with E-state index < -0.39 is 0 Å². The van der Waals surface area contributed by atoms with Gasteiger partial charge in [-0.3, -0.25) is 9.59 Å². The van der Waals surface area contributed by atoms with Gasteiger partial charge in [-0.2, -0.15) is 0 Å². The molecule has 1 aromatic rings. The predicted molar refractivity (Wildman–Crippen MR) is 78.8 cm³/mol. The van der Waals surface area contributed by atoms with Crippen molar-refractivity contribution in [2.75, 3.05) is 7.11 Å². The molecule has 4 heteroatoms. The maximum Gasteiger partial charge on any atom is 0.305 e.